The summed E-state index contributed by atoms with van der Waals surface area (Å²) < 4.78 is 21.1. The van der Waals surface area contributed by atoms with Gasteiger partial charge in [-0.2, -0.15) is 0 Å². The van der Waals surface area contributed by atoms with Gasteiger partial charge in [0.1, 0.15) is 0 Å². The van der Waals surface area contributed by atoms with E-state index in [0.717, 1.165) is 39.5 Å². The zero-order valence-electron chi connectivity index (χ0n) is 18.7. The maximum atomic E-state index is 6.83. The van der Waals surface area contributed by atoms with Gasteiger partial charge < -0.3 is 0 Å². The van der Waals surface area contributed by atoms with E-state index in [-0.39, 0.29) is 0 Å². The minimum absolute atomic E-state index is 0.616. The predicted octanol–water partition coefficient (Wildman–Crippen LogP) is 7.25. The van der Waals surface area contributed by atoms with Crippen molar-refractivity contribution in [1.29, 1.82) is 0 Å². The van der Waals surface area contributed by atoms with Crippen molar-refractivity contribution in [2.75, 3.05) is 0 Å². The first-order chi connectivity index (χ1) is 15.5. The Morgan fingerprint density at radius 1 is 0.469 bits per heavy atom. The molecule has 0 fully saturated rings. The van der Waals surface area contributed by atoms with Crippen molar-refractivity contribution in [2.45, 2.75) is 24.9 Å². The summed E-state index contributed by atoms with van der Waals surface area (Å²) in [5, 5.41) is 0. The van der Waals surface area contributed by atoms with Gasteiger partial charge >= 0.3 is 197 Å². The summed E-state index contributed by atoms with van der Waals surface area (Å²) in [6, 6.07) is 34.5. The molecule has 4 aromatic carbocycles. The fraction of sp³-hybridized carbons (Fsp3) is 0.143. The second-order valence-corrected chi connectivity index (χ2v) is 16.3. The Bertz CT molecular complexity index is 1060. The van der Waals surface area contributed by atoms with Crippen LogP contribution in [0, 0.1) is 20.8 Å². The van der Waals surface area contributed by atoms with E-state index in [1.54, 1.807) is 0 Å². The normalized spacial score (nSPS) is 11.1. The number of benzene rings is 4. The molecule has 0 saturated carbocycles. The van der Waals surface area contributed by atoms with Gasteiger partial charge in [0.05, 0.1) is 0 Å². The topological polar surface area (TPSA) is 27.7 Å². The van der Waals surface area contributed by atoms with E-state index in [0.29, 0.717) is 4.18 Å². The molecular weight excluding hydrogens is 563 g/mol. The molecule has 0 spiro atoms. The Morgan fingerprint density at radius 2 is 0.812 bits per heavy atom. The average molecular weight is 591 g/mol. The molecule has 4 rings (SSSR count). The quantitative estimate of drug-likeness (QED) is 0.202. The van der Waals surface area contributed by atoms with Crippen LogP contribution in [-0.4, -0.2) is 0 Å². The van der Waals surface area contributed by atoms with Crippen molar-refractivity contribution < 1.29 is 29.8 Å². The first kappa shape index (κ1) is 22.3. The molecule has 0 aliphatic carbocycles. The molecule has 0 aliphatic heterocycles. The number of hydrogen-bond acceptors (Lipinski definition) is 3. The monoisotopic (exact) mass is 592 g/mol. The van der Waals surface area contributed by atoms with Crippen molar-refractivity contribution in [1.82, 2.24) is 0 Å². The van der Waals surface area contributed by atoms with Gasteiger partial charge in [0, 0.05) is 0 Å². The second kappa shape index (κ2) is 10.2. The molecule has 0 atom stereocenters. The molecule has 3 nitrogen and oxygen atoms in total. The molecule has 4 heteroatoms. The summed E-state index contributed by atoms with van der Waals surface area (Å²) >= 11 is -4.52. The van der Waals surface area contributed by atoms with Crippen LogP contribution in [0.25, 0.3) is 0 Å². The van der Waals surface area contributed by atoms with Crippen LogP contribution in [-0.2, 0) is 25.5 Å². The Balaban J connectivity index is 1.83. The van der Waals surface area contributed by atoms with E-state index in [9.17, 15) is 0 Å². The third kappa shape index (κ3) is 5.49. The molecule has 0 amide bonds. The average Bonchev–Trinajstić information content (AvgIpc) is 2.79. The van der Waals surface area contributed by atoms with Crippen LogP contribution in [0.4, 0.5) is 0 Å². The summed E-state index contributed by atoms with van der Waals surface area (Å²) in [7, 11) is 0. The van der Waals surface area contributed by atoms with Gasteiger partial charge in [-0.05, 0) is 0 Å². The van der Waals surface area contributed by atoms with Crippen LogP contribution >= 0.6 is 0 Å². The SMILES string of the molecule is Cc1ccccc1[O][Hf]([CH2]c1ccccc1)([O]c1ccccc1C)[O]c1ccccc1C. The van der Waals surface area contributed by atoms with Gasteiger partial charge in [-0.15, -0.1) is 0 Å². The van der Waals surface area contributed by atoms with Gasteiger partial charge in [-0.25, -0.2) is 0 Å². The van der Waals surface area contributed by atoms with Gasteiger partial charge in [-0.1, -0.05) is 0 Å². The number of hydrogen-bond donors (Lipinski definition) is 0. The molecule has 0 radical (unpaired) electrons. The van der Waals surface area contributed by atoms with Crippen molar-refractivity contribution in [3.05, 3.63) is 125 Å². The van der Waals surface area contributed by atoms with Crippen LogP contribution in [0.5, 0.6) is 17.2 Å². The summed E-state index contributed by atoms with van der Waals surface area (Å²) in [6.45, 7) is 6.16. The van der Waals surface area contributed by atoms with Crippen molar-refractivity contribution >= 4 is 0 Å². The summed E-state index contributed by atoms with van der Waals surface area (Å²) in [5.74, 6) is 2.44. The molecule has 32 heavy (non-hydrogen) atoms. The molecule has 0 bridgehead atoms. The first-order valence-corrected chi connectivity index (χ1v) is 17.8. The molecule has 0 aliphatic rings. The third-order valence-corrected chi connectivity index (χ3v) is 14.1. The van der Waals surface area contributed by atoms with Crippen LogP contribution in [0.1, 0.15) is 22.3 Å². The summed E-state index contributed by atoms with van der Waals surface area (Å²) in [4.78, 5) is 0. The molecule has 0 N–H and O–H groups in total. The second-order valence-electron chi connectivity index (χ2n) is 7.95. The van der Waals surface area contributed by atoms with Gasteiger partial charge in [0.15, 0.2) is 0 Å². The summed E-state index contributed by atoms with van der Waals surface area (Å²) in [5.41, 5.74) is 4.33. The van der Waals surface area contributed by atoms with Crippen LogP contribution in [0.2, 0.25) is 0 Å². The van der Waals surface area contributed by atoms with E-state index in [1.165, 1.54) is 0 Å². The van der Waals surface area contributed by atoms with Gasteiger partial charge in [-0.3, -0.25) is 0 Å². The fourth-order valence-corrected chi connectivity index (χ4v) is 13.5. The minimum atomic E-state index is -4.52. The number of rotatable bonds is 8. The van der Waals surface area contributed by atoms with E-state index in [2.05, 4.69) is 51.1 Å². The molecule has 0 heterocycles. The van der Waals surface area contributed by atoms with Gasteiger partial charge in [0.2, 0.25) is 0 Å². The Labute approximate surface area is 196 Å². The van der Waals surface area contributed by atoms with Crippen LogP contribution in [0.3, 0.4) is 0 Å². The first-order valence-electron chi connectivity index (χ1n) is 10.8. The molecule has 4 aromatic rings. The van der Waals surface area contributed by atoms with Crippen molar-refractivity contribution in [2.24, 2.45) is 0 Å². The third-order valence-electron chi connectivity index (χ3n) is 5.34. The Kier molecular flexibility index (Phi) is 7.11. The van der Waals surface area contributed by atoms with Gasteiger partial charge in [0.25, 0.3) is 0 Å². The molecule has 0 aromatic heterocycles. The van der Waals surface area contributed by atoms with Crippen LogP contribution < -0.4 is 8.56 Å². The number of para-hydroxylation sites is 3. The number of aryl methyl sites for hydroxylation is 3. The standard InChI is InChI=1S/3C7H8O.C7H7.Hf/c3*1-6-4-2-3-5-7(6)8;1-7-5-3-2-4-6-7;/h3*2-5,8H,1H3;2-6H,1H2;/q;;;;+3/p-3. The fourth-order valence-electron chi connectivity index (χ4n) is 3.53. The zero-order valence-corrected chi connectivity index (χ0v) is 22.3. The van der Waals surface area contributed by atoms with E-state index < -0.39 is 21.3 Å². The van der Waals surface area contributed by atoms with E-state index in [1.807, 2.05) is 72.8 Å². The molecule has 0 unspecified atom stereocenters. The van der Waals surface area contributed by atoms with E-state index in [4.69, 9.17) is 8.56 Å². The maximum absolute atomic E-state index is 6.83. The molecule has 162 valence electrons. The van der Waals surface area contributed by atoms with Crippen LogP contribution in [0.15, 0.2) is 103 Å². The van der Waals surface area contributed by atoms with E-state index >= 15 is 0 Å². The molecular formula is C28H28HfO3. The molecule has 0 saturated heterocycles. The summed E-state index contributed by atoms with van der Waals surface area (Å²) in [6.07, 6.45) is 0. The Morgan fingerprint density at radius 3 is 1.19 bits per heavy atom. The zero-order chi connectivity index (χ0) is 22.4. The van der Waals surface area contributed by atoms with Crippen molar-refractivity contribution in [3.63, 3.8) is 0 Å². The predicted molar refractivity (Wildman–Crippen MR) is 126 cm³/mol. The Hall–Kier alpha value is -2.85. The van der Waals surface area contributed by atoms with Crippen molar-refractivity contribution in [3.8, 4) is 17.2 Å².